The van der Waals surface area contributed by atoms with Crippen molar-refractivity contribution in [2.24, 2.45) is 10.9 Å². The molecule has 0 saturated carbocycles. The topological polar surface area (TPSA) is 58.6 Å². The molecule has 0 atom stereocenters. The summed E-state index contributed by atoms with van der Waals surface area (Å²) in [4.78, 5) is 0. The standard InChI is InChI=1S/C12H11FN2OS2/c13-11-8(7-18-10-5-2-6-17-10)3-1-4-9(11)12(14)15-16/h1-6,16H,7H2,(H2,14,15). The molecule has 0 saturated heterocycles. The first-order valence-corrected chi connectivity index (χ1v) is 7.00. The first-order valence-electron chi connectivity index (χ1n) is 5.14. The minimum absolute atomic E-state index is 0.127. The highest BCUT2D eigenvalue weighted by Gasteiger charge is 2.11. The Labute approximate surface area is 112 Å². The smallest absolute Gasteiger partial charge is 0.173 e. The molecule has 0 aliphatic heterocycles. The molecule has 0 amide bonds. The summed E-state index contributed by atoms with van der Waals surface area (Å²) in [6, 6.07) is 8.82. The number of nitrogens with zero attached hydrogens (tertiary/aromatic N) is 1. The lowest BCUT2D eigenvalue weighted by Gasteiger charge is -2.06. The first kappa shape index (κ1) is 12.9. The fourth-order valence-corrected chi connectivity index (χ4v) is 3.20. The van der Waals surface area contributed by atoms with Gasteiger partial charge in [-0.05, 0) is 23.1 Å². The SMILES string of the molecule is N/C(=N/O)c1cccc(CSc2cccs2)c1F. The van der Waals surface area contributed by atoms with Gasteiger partial charge in [0.1, 0.15) is 5.82 Å². The van der Waals surface area contributed by atoms with E-state index in [1.165, 1.54) is 6.07 Å². The zero-order chi connectivity index (χ0) is 13.0. The van der Waals surface area contributed by atoms with Gasteiger partial charge >= 0.3 is 0 Å². The van der Waals surface area contributed by atoms with Crippen LogP contribution in [0, 0.1) is 5.82 Å². The fourth-order valence-electron chi connectivity index (χ4n) is 1.44. The number of amidine groups is 1. The molecule has 0 bridgehead atoms. The number of oxime groups is 1. The second-order valence-corrected chi connectivity index (χ2v) is 5.71. The largest absolute Gasteiger partial charge is 0.409 e. The molecular formula is C12H11FN2OS2. The van der Waals surface area contributed by atoms with Crippen LogP contribution in [0.4, 0.5) is 4.39 Å². The lowest BCUT2D eigenvalue weighted by Crippen LogP contribution is -2.15. The molecule has 1 heterocycles. The van der Waals surface area contributed by atoms with Crippen LogP contribution in [-0.2, 0) is 5.75 Å². The Bertz CT molecular complexity index is 555. The van der Waals surface area contributed by atoms with Crippen molar-refractivity contribution in [1.82, 2.24) is 0 Å². The van der Waals surface area contributed by atoms with E-state index in [1.54, 1.807) is 35.2 Å². The summed E-state index contributed by atoms with van der Waals surface area (Å²) >= 11 is 3.17. The maximum Gasteiger partial charge on any atom is 0.173 e. The monoisotopic (exact) mass is 282 g/mol. The average Bonchev–Trinajstić information content (AvgIpc) is 2.90. The van der Waals surface area contributed by atoms with E-state index < -0.39 is 5.82 Å². The van der Waals surface area contributed by atoms with Gasteiger partial charge in [-0.3, -0.25) is 0 Å². The van der Waals surface area contributed by atoms with Crippen LogP contribution in [0.1, 0.15) is 11.1 Å². The van der Waals surface area contributed by atoms with Gasteiger partial charge < -0.3 is 10.9 Å². The van der Waals surface area contributed by atoms with Gasteiger partial charge in [0, 0.05) is 5.75 Å². The fraction of sp³-hybridized carbons (Fsp3) is 0.0833. The van der Waals surface area contributed by atoms with Crippen LogP contribution in [0.15, 0.2) is 45.1 Å². The molecule has 0 unspecified atom stereocenters. The first-order chi connectivity index (χ1) is 8.72. The molecule has 2 aromatic rings. The van der Waals surface area contributed by atoms with Crippen molar-refractivity contribution < 1.29 is 9.60 Å². The zero-order valence-corrected chi connectivity index (χ0v) is 11.0. The van der Waals surface area contributed by atoms with Gasteiger partial charge in [-0.15, -0.1) is 23.1 Å². The van der Waals surface area contributed by atoms with Gasteiger partial charge in [-0.1, -0.05) is 23.4 Å². The summed E-state index contributed by atoms with van der Waals surface area (Å²) in [6.07, 6.45) is 0. The Balaban J connectivity index is 2.18. The van der Waals surface area contributed by atoms with E-state index in [2.05, 4.69) is 5.16 Å². The number of rotatable bonds is 4. The molecule has 6 heteroatoms. The van der Waals surface area contributed by atoms with Crippen molar-refractivity contribution in [3.63, 3.8) is 0 Å². The van der Waals surface area contributed by atoms with Crippen molar-refractivity contribution in [3.8, 4) is 0 Å². The van der Waals surface area contributed by atoms with Crippen LogP contribution in [-0.4, -0.2) is 11.0 Å². The molecule has 1 aromatic heterocycles. The number of thioether (sulfide) groups is 1. The van der Waals surface area contributed by atoms with Crippen molar-refractivity contribution in [2.45, 2.75) is 9.96 Å². The predicted octanol–water partition coefficient (Wildman–Crippen LogP) is 3.27. The van der Waals surface area contributed by atoms with Crippen LogP contribution >= 0.6 is 23.1 Å². The summed E-state index contributed by atoms with van der Waals surface area (Å²) in [5.41, 5.74) is 6.08. The summed E-state index contributed by atoms with van der Waals surface area (Å²) in [5, 5.41) is 13.4. The Morgan fingerprint density at radius 3 is 2.89 bits per heavy atom. The summed E-state index contributed by atoms with van der Waals surface area (Å²) in [7, 11) is 0. The average molecular weight is 282 g/mol. The van der Waals surface area contributed by atoms with Crippen molar-refractivity contribution >= 4 is 28.9 Å². The zero-order valence-electron chi connectivity index (χ0n) is 9.34. The van der Waals surface area contributed by atoms with E-state index in [9.17, 15) is 4.39 Å². The molecule has 0 spiro atoms. The highest BCUT2D eigenvalue weighted by Crippen LogP contribution is 2.28. The third-order valence-electron chi connectivity index (χ3n) is 2.33. The van der Waals surface area contributed by atoms with Crippen LogP contribution in [0.3, 0.4) is 0 Å². The molecular weight excluding hydrogens is 271 g/mol. The van der Waals surface area contributed by atoms with Crippen molar-refractivity contribution in [2.75, 3.05) is 0 Å². The molecule has 1 aromatic carbocycles. The van der Waals surface area contributed by atoms with Gasteiger partial charge in [0.2, 0.25) is 0 Å². The molecule has 94 valence electrons. The van der Waals surface area contributed by atoms with Gasteiger partial charge in [0.25, 0.3) is 0 Å². The van der Waals surface area contributed by atoms with Crippen LogP contribution in [0.25, 0.3) is 0 Å². The van der Waals surface area contributed by atoms with Crippen molar-refractivity contribution in [1.29, 1.82) is 0 Å². The number of thiophene rings is 1. The molecule has 0 aliphatic carbocycles. The van der Waals surface area contributed by atoms with E-state index in [1.807, 2.05) is 17.5 Å². The Kier molecular flexibility index (Phi) is 4.22. The molecule has 18 heavy (non-hydrogen) atoms. The van der Waals surface area contributed by atoms with Gasteiger partial charge in [0.05, 0.1) is 9.77 Å². The van der Waals surface area contributed by atoms with E-state index in [4.69, 9.17) is 10.9 Å². The third kappa shape index (κ3) is 2.83. The Hall–Kier alpha value is -1.53. The summed E-state index contributed by atoms with van der Waals surface area (Å²) < 4.78 is 15.2. The third-order valence-corrected chi connectivity index (χ3v) is 4.51. The quantitative estimate of drug-likeness (QED) is 0.297. The lowest BCUT2D eigenvalue weighted by atomic mass is 10.1. The molecule has 0 aliphatic rings. The van der Waals surface area contributed by atoms with Crippen LogP contribution < -0.4 is 5.73 Å². The Morgan fingerprint density at radius 1 is 1.39 bits per heavy atom. The summed E-state index contributed by atoms with van der Waals surface area (Å²) in [5.74, 6) is -0.133. The number of hydrogen-bond donors (Lipinski definition) is 2. The molecule has 3 N–H and O–H groups in total. The summed E-state index contributed by atoms with van der Waals surface area (Å²) in [6.45, 7) is 0. The lowest BCUT2D eigenvalue weighted by molar-refractivity contribution is 0.318. The van der Waals surface area contributed by atoms with E-state index in [0.29, 0.717) is 11.3 Å². The van der Waals surface area contributed by atoms with Gasteiger partial charge in [0.15, 0.2) is 5.84 Å². The van der Waals surface area contributed by atoms with Gasteiger partial charge in [-0.2, -0.15) is 0 Å². The van der Waals surface area contributed by atoms with E-state index >= 15 is 0 Å². The predicted molar refractivity (Wildman–Crippen MR) is 72.8 cm³/mol. The molecule has 2 rings (SSSR count). The minimum Gasteiger partial charge on any atom is -0.409 e. The maximum absolute atomic E-state index is 14.1. The number of benzene rings is 1. The van der Waals surface area contributed by atoms with Gasteiger partial charge in [-0.25, -0.2) is 4.39 Å². The second-order valence-electron chi connectivity index (χ2n) is 3.48. The highest BCUT2D eigenvalue weighted by molar-refractivity contribution is 8.00. The van der Waals surface area contributed by atoms with E-state index in [-0.39, 0.29) is 11.4 Å². The highest BCUT2D eigenvalue weighted by atomic mass is 32.2. The normalized spacial score (nSPS) is 11.7. The molecule has 0 fully saturated rings. The van der Waals surface area contributed by atoms with Crippen LogP contribution in [0.2, 0.25) is 0 Å². The number of hydrogen-bond acceptors (Lipinski definition) is 4. The maximum atomic E-state index is 14.1. The van der Waals surface area contributed by atoms with Crippen molar-refractivity contribution in [3.05, 3.63) is 52.7 Å². The number of halogens is 1. The second kappa shape index (κ2) is 5.88. The van der Waals surface area contributed by atoms with Crippen LogP contribution in [0.5, 0.6) is 0 Å². The molecule has 3 nitrogen and oxygen atoms in total. The number of nitrogens with two attached hydrogens (primary N) is 1. The molecule has 0 radical (unpaired) electrons. The minimum atomic E-state index is -0.433. The Morgan fingerprint density at radius 2 is 2.22 bits per heavy atom. The van der Waals surface area contributed by atoms with E-state index in [0.717, 1.165) is 4.21 Å².